The van der Waals surface area contributed by atoms with E-state index in [1.54, 1.807) is 32.0 Å². The smallest absolute Gasteiger partial charge is 0.242 e. The molecular weight excluding hydrogens is 274 g/mol. The molecule has 1 rings (SSSR count). The average molecular weight is 299 g/mol. The molecule has 0 saturated heterocycles. The molecule has 5 nitrogen and oxygen atoms in total. The van der Waals surface area contributed by atoms with Crippen molar-refractivity contribution in [1.29, 1.82) is 0 Å². The molecule has 0 heterocycles. The van der Waals surface area contributed by atoms with Gasteiger partial charge in [0.05, 0.1) is 5.69 Å². The van der Waals surface area contributed by atoms with E-state index in [1.165, 1.54) is 0 Å². The topological polar surface area (TPSA) is 84.2 Å². The minimum Gasteiger partial charge on any atom is -0.380 e. The number of benzene rings is 1. The number of sulfonamides is 1. The Morgan fingerprint density at radius 1 is 1.15 bits per heavy atom. The van der Waals surface area contributed by atoms with Gasteiger partial charge in [-0.25, -0.2) is 13.1 Å². The summed E-state index contributed by atoms with van der Waals surface area (Å²) in [4.78, 5) is 0.257. The summed E-state index contributed by atoms with van der Waals surface area (Å²) in [7, 11) is -3.52. The summed E-state index contributed by atoms with van der Waals surface area (Å²) in [5.74, 6) is 0.314. The van der Waals surface area contributed by atoms with E-state index in [-0.39, 0.29) is 17.0 Å². The third-order valence-corrected chi connectivity index (χ3v) is 4.68. The molecule has 0 saturated carbocycles. The lowest BCUT2D eigenvalue weighted by Crippen LogP contribution is -2.35. The molecule has 4 N–H and O–H groups in total. The van der Waals surface area contributed by atoms with Crippen LogP contribution in [0.15, 0.2) is 29.2 Å². The normalized spacial score (nSPS) is 13.8. The highest BCUT2D eigenvalue weighted by atomic mass is 32.2. The van der Waals surface area contributed by atoms with Crippen molar-refractivity contribution in [3.05, 3.63) is 24.3 Å². The molecule has 0 spiro atoms. The van der Waals surface area contributed by atoms with Crippen molar-refractivity contribution >= 4 is 15.7 Å². The minimum atomic E-state index is -3.52. The molecule has 1 aromatic rings. The van der Waals surface area contributed by atoms with Gasteiger partial charge in [-0.1, -0.05) is 26.0 Å². The van der Waals surface area contributed by atoms with E-state index in [0.29, 0.717) is 18.2 Å². The van der Waals surface area contributed by atoms with E-state index in [2.05, 4.69) is 10.0 Å². The zero-order chi connectivity index (χ0) is 15.3. The van der Waals surface area contributed by atoms with E-state index in [9.17, 15) is 8.42 Å². The van der Waals surface area contributed by atoms with Crippen LogP contribution in [0.2, 0.25) is 0 Å². The third-order valence-electron chi connectivity index (χ3n) is 2.97. The summed E-state index contributed by atoms with van der Waals surface area (Å²) in [6, 6.07) is 6.77. The quantitative estimate of drug-likeness (QED) is 0.716. The Bertz CT molecular complexity index is 527. The van der Waals surface area contributed by atoms with E-state index < -0.39 is 10.0 Å². The minimum absolute atomic E-state index is 0.0328. The Balaban J connectivity index is 3.11. The van der Waals surface area contributed by atoms with Crippen molar-refractivity contribution in [2.75, 3.05) is 11.9 Å². The lowest BCUT2D eigenvalue weighted by atomic mass is 10.0. The second-order valence-electron chi connectivity index (χ2n) is 5.50. The predicted octanol–water partition coefficient (Wildman–Crippen LogP) is 1.77. The lowest BCUT2D eigenvalue weighted by Gasteiger charge is -2.23. The van der Waals surface area contributed by atoms with Crippen molar-refractivity contribution < 1.29 is 8.42 Å². The second kappa shape index (κ2) is 7.06. The van der Waals surface area contributed by atoms with Crippen LogP contribution < -0.4 is 15.8 Å². The van der Waals surface area contributed by atoms with Gasteiger partial charge >= 0.3 is 0 Å². The van der Waals surface area contributed by atoms with Gasteiger partial charge in [0.15, 0.2) is 0 Å². The fraction of sp³-hybridized carbons (Fsp3) is 0.571. The molecule has 0 aliphatic carbocycles. The molecule has 6 heteroatoms. The van der Waals surface area contributed by atoms with Gasteiger partial charge in [-0.15, -0.1) is 0 Å². The van der Waals surface area contributed by atoms with Crippen LogP contribution in [0.3, 0.4) is 0 Å². The summed E-state index contributed by atoms with van der Waals surface area (Å²) in [5, 5.41) is 3.23. The molecule has 114 valence electrons. The summed E-state index contributed by atoms with van der Waals surface area (Å²) < 4.78 is 27.2. The van der Waals surface area contributed by atoms with Crippen LogP contribution in [0.25, 0.3) is 0 Å². The van der Waals surface area contributed by atoms with Crippen molar-refractivity contribution in [3.8, 4) is 0 Å². The maximum Gasteiger partial charge on any atom is 0.242 e. The van der Waals surface area contributed by atoms with Crippen LogP contribution >= 0.6 is 0 Å². The summed E-state index contributed by atoms with van der Waals surface area (Å²) in [6.07, 6.45) is 0. The Kier molecular flexibility index (Phi) is 5.98. The van der Waals surface area contributed by atoms with Crippen molar-refractivity contribution in [3.63, 3.8) is 0 Å². The number of nitrogens with two attached hydrogens (primary N) is 1. The van der Waals surface area contributed by atoms with E-state index >= 15 is 0 Å². The Morgan fingerprint density at radius 3 is 2.25 bits per heavy atom. The molecule has 0 amide bonds. The average Bonchev–Trinajstić information content (AvgIpc) is 2.34. The number of para-hydroxylation sites is 1. The largest absolute Gasteiger partial charge is 0.380 e. The molecule has 1 atom stereocenters. The zero-order valence-electron chi connectivity index (χ0n) is 12.6. The van der Waals surface area contributed by atoms with Crippen LogP contribution in [0.4, 0.5) is 5.69 Å². The molecular formula is C14H25N3O2S. The van der Waals surface area contributed by atoms with Gasteiger partial charge in [0, 0.05) is 18.6 Å². The van der Waals surface area contributed by atoms with Gasteiger partial charge < -0.3 is 11.1 Å². The van der Waals surface area contributed by atoms with Crippen molar-refractivity contribution in [2.45, 2.75) is 44.7 Å². The van der Waals surface area contributed by atoms with Gasteiger partial charge in [0.2, 0.25) is 10.0 Å². The van der Waals surface area contributed by atoms with Gasteiger partial charge in [-0.3, -0.25) is 0 Å². The maximum absolute atomic E-state index is 12.3. The molecule has 0 aliphatic rings. The summed E-state index contributed by atoms with van der Waals surface area (Å²) >= 11 is 0. The Labute approximate surface area is 122 Å². The number of nitrogens with one attached hydrogen (secondary N) is 2. The van der Waals surface area contributed by atoms with Crippen LogP contribution in [0.5, 0.6) is 0 Å². The molecule has 0 radical (unpaired) electrons. The molecule has 0 fully saturated rings. The zero-order valence-corrected chi connectivity index (χ0v) is 13.4. The van der Waals surface area contributed by atoms with E-state index in [0.717, 1.165) is 0 Å². The monoisotopic (exact) mass is 299 g/mol. The van der Waals surface area contributed by atoms with Crippen LogP contribution in [-0.4, -0.2) is 27.0 Å². The first-order valence-electron chi connectivity index (χ1n) is 6.86. The number of rotatable bonds is 7. The number of hydrogen-bond donors (Lipinski definition) is 3. The molecule has 1 unspecified atom stereocenters. The van der Waals surface area contributed by atoms with Gasteiger partial charge in [-0.05, 0) is 31.9 Å². The molecule has 0 aromatic heterocycles. The maximum atomic E-state index is 12.3. The highest BCUT2D eigenvalue weighted by Crippen LogP contribution is 2.22. The Hall–Kier alpha value is -1.11. The van der Waals surface area contributed by atoms with E-state index in [1.807, 2.05) is 19.9 Å². The summed E-state index contributed by atoms with van der Waals surface area (Å²) in [6.45, 7) is 8.14. The fourth-order valence-electron chi connectivity index (χ4n) is 1.89. The van der Waals surface area contributed by atoms with Crippen LogP contribution in [0.1, 0.15) is 27.7 Å². The van der Waals surface area contributed by atoms with Gasteiger partial charge in [-0.2, -0.15) is 0 Å². The predicted molar refractivity (Wildman–Crippen MR) is 83.2 cm³/mol. The lowest BCUT2D eigenvalue weighted by molar-refractivity contribution is 0.529. The van der Waals surface area contributed by atoms with Crippen molar-refractivity contribution in [2.24, 2.45) is 11.7 Å². The molecule has 20 heavy (non-hydrogen) atoms. The highest BCUT2D eigenvalue weighted by Gasteiger charge is 2.21. The van der Waals surface area contributed by atoms with Gasteiger partial charge in [0.25, 0.3) is 0 Å². The van der Waals surface area contributed by atoms with Crippen LogP contribution in [0, 0.1) is 5.92 Å². The Morgan fingerprint density at radius 2 is 1.75 bits per heavy atom. The first-order valence-corrected chi connectivity index (χ1v) is 8.34. The summed E-state index contributed by atoms with van der Waals surface area (Å²) in [5.41, 5.74) is 6.32. The molecule has 0 aliphatic heterocycles. The fourth-order valence-corrected chi connectivity index (χ4v) is 3.31. The highest BCUT2D eigenvalue weighted by molar-refractivity contribution is 7.89. The number of anilines is 1. The third kappa shape index (κ3) is 4.47. The van der Waals surface area contributed by atoms with Crippen LogP contribution in [-0.2, 0) is 10.0 Å². The first-order chi connectivity index (χ1) is 9.27. The SMILES string of the molecule is CC(C)NS(=O)(=O)c1ccccc1NC(CN)C(C)C. The molecule has 1 aromatic carbocycles. The van der Waals surface area contributed by atoms with Crippen molar-refractivity contribution in [1.82, 2.24) is 4.72 Å². The second-order valence-corrected chi connectivity index (χ2v) is 7.19. The molecule has 0 bridgehead atoms. The van der Waals surface area contributed by atoms with Gasteiger partial charge in [0.1, 0.15) is 4.90 Å². The number of hydrogen-bond acceptors (Lipinski definition) is 4. The van der Waals surface area contributed by atoms with E-state index in [4.69, 9.17) is 5.73 Å². The first kappa shape index (κ1) is 16.9. The standard InChI is InChI=1S/C14H25N3O2S/c1-10(2)13(9-15)16-12-7-5-6-8-14(12)20(18,19)17-11(3)4/h5-8,10-11,13,16-17H,9,15H2,1-4H3.